The number of nitrogens with zero attached hydrogens (tertiary/aromatic N) is 2. The van der Waals surface area contributed by atoms with Crippen LogP contribution in [0.25, 0.3) is 22.4 Å². The van der Waals surface area contributed by atoms with E-state index in [0.29, 0.717) is 17.0 Å². The van der Waals surface area contributed by atoms with Crippen LogP contribution in [0.5, 0.6) is 0 Å². The average molecular weight is 407 g/mol. The molecule has 4 aromatic rings. The molecule has 1 amide bonds. The second kappa shape index (κ2) is 8.53. The fourth-order valence-electron chi connectivity index (χ4n) is 3.08. The van der Waals surface area contributed by atoms with Gasteiger partial charge in [0.25, 0.3) is 11.1 Å². The number of para-hydroxylation sites is 1. The standard InChI is InChI=1S/C22H22N4O2S/c1-3-14(2)15-8-10-16(11-9-15)24-20(27)13-29-22-26-25-21(28-22)18-12-23-19-7-5-4-6-17(18)19/h4-12,14,23H,3,13H2,1-2H3,(H,24,27)/t14-/m0/s1. The number of anilines is 1. The van der Waals surface area contributed by atoms with E-state index in [4.69, 9.17) is 4.42 Å². The van der Waals surface area contributed by atoms with Gasteiger partial charge in [0.05, 0.1) is 11.3 Å². The third-order valence-electron chi connectivity index (χ3n) is 4.93. The van der Waals surface area contributed by atoms with E-state index in [9.17, 15) is 4.79 Å². The van der Waals surface area contributed by atoms with Crippen LogP contribution in [0.2, 0.25) is 0 Å². The van der Waals surface area contributed by atoms with Crippen molar-refractivity contribution in [3.8, 4) is 11.5 Å². The zero-order chi connectivity index (χ0) is 20.2. The summed E-state index contributed by atoms with van der Waals surface area (Å²) < 4.78 is 5.73. The Morgan fingerprint density at radius 1 is 1.17 bits per heavy atom. The van der Waals surface area contributed by atoms with Gasteiger partial charge >= 0.3 is 0 Å². The average Bonchev–Trinajstić information content (AvgIpc) is 3.39. The Balaban J connectivity index is 1.35. The fourth-order valence-corrected chi connectivity index (χ4v) is 3.64. The molecule has 0 aliphatic heterocycles. The summed E-state index contributed by atoms with van der Waals surface area (Å²) in [7, 11) is 0. The predicted molar refractivity (Wildman–Crippen MR) is 116 cm³/mol. The van der Waals surface area contributed by atoms with E-state index < -0.39 is 0 Å². The molecule has 2 heterocycles. The van der Waals surface area contributed by atoms with E-state index in [0.717, 1.165) is 28.6 Å². The van der Waals surface area contributed by atoms with E-state index in [2.05, 4.69) is 46.5 Å². The Morgan fingerprint density at radius 2 is 1.97 bits per heavy atom. The van der Waals surface area contributed by atoms with Crippen LogP contribution in [-0.2, 0) is 4.79 Å². The molecule has 2 aromatic carbocycles. The molecule has 0 unspecified atom stereocenters. The topological polar surface area (TPSA) is 83.8 Å². The Kier molecular flexibility index (Phi) is 5.67. The second-order valence-corrected chi connectivity index (χ2v) is 7.82. The third kappa shape index (κ3) is 4.35. The Bertz CT molecular complexity index is 1120. The van der Waals surface area contributed by atoms with Gasteiger partial charge in [-0.3, -0.25) is 4.79 Å². The van der Waals surface area contributed by atoms with E-state index in [1.165, 1.54) is 17.3 Å². The number of H-pyrrole nitrogens is 1. The van der Waals surface area contributed by atoms with Crippen molar-refractivity contribution in [2.75, 3.05) is 11.1 Å². The van der Waals surface area contributed by atoms with Crippen LogP contribution in [0.4, 0.5) is 5.69 Å². The van der Waals surface area contributed by atoms with Crippen LogP contribution in [0, 0.1) is 0 Å². The first-order valence-corrected chi connectivity index (χ1v) is 10.5. The number of carbonyl (C=O) groups excluding carboxylic acids is 1. The van der Waals surface area contributed by atoms with Crippen LogP contribution in [0.15, 0.2) is 64.4 Å². The number of carbonyl (C=O) groups is 1. The monoisotopic (exact) mass is 406 g/mol. The highest BCUT2D eigenvalue weighted by molar-refractivity contribution is 7.99. The third-order valence-corrected chi connectivity index (χ3v) is 5.75. The quantitative estimate of drug-likeness (QED) is 0.398. The summed E-state index contributed by atoms with van der Waals surface area (Å²) in [4.78, 5) is 15.4. The normalized spacial score (nSPS) is 12.2. The summed E-state index contributed by atoms with van der Waals surface area (Å²) >= 11 is 1.22. The molecule has 4 rings (SSSR count). The number of amides is 1. The number of rotatable bonds is 7. The number of nitrogens with one attached hydrogen (secondary N) is 2. The van der Waals surface area contributed by atoms with Gasteiger partial charge < -0.3 is 14.7 Å². The first kappa shape index (κ1) is 19.3. The van der Waals surface area contributed by atoms with Crippen molar-refractivity contribution in [1.82, 2.24) is 15.2 Å². The maximum absolute atomic E-state index is 12.2. The Hall–Kier alpha value is -3.06. The highest BCUT2D eigenvalue weighted by Crippen LogP contribution is 2.29. The van der Waals surface area contributed by atoms with Crippen LogP contribution in [0.1, 0.15) is 31.7 Å². The van der Waals surface area contributed by atoms with Crippen molar-refractivity contribution < 1.29 is 9.21 Å². The molecule has 2 aromatic heterocycles. The molecule has 0 fully saturated rings. The second-order valence-electron chi connectivity index (χ2n) is 6.89. The van der Waals surface area contributed by atoms with Crippen molar-refractivity contribution in [2.24, 2.45) is 0 Å². The van der Waals surface area contributed by atoms with Crippen LogP contribution in [-0.4, -0.2) is 26.8 Å². The molecule has 1 atom stereocenters. The minimum atomic E-state index is -0.113. The lowest BCUT2D eigenvalue weighted by molar-refractivity contribution is -0.113. The molecule has 2 N–H and O–H groups in total. The van der Waals surface area contributed by atoms with Gasteiger partial charge in [-0.05, 0) is 36.1 Å². The number of aromatic nitrogens is 3. The lowest BCUT2D eigenvalue weighted by atomic mass is 9.99. The molecule has 7 heteroatoms. The molecular formula is C22H22N4O2S. The largest absolute Gasteiger partial charge is 0.411 e. The number of fused-ring (bicyclic) bond motifs is 1. The minimum Gasteiger partial charge on any atom is -0.411 e. The maximum atomic E-state index is 12.2. The number of hydrogen-bond acceptors (Lipinski definition) is 5. The molecule has 0 radical (unpaired) electrons. The van der Waals surface area contributed by atoms with Crippen molar-refractivity contribution in [2.45, 2.75) is 31.4 Å². The van der Waals surface area contributed by atoms with Gasteiger partial charge in [0, 0.05) is 22.8 Å². The van der Waals surface area contributed by atoms with Gasteiger partial charge in [0.15, 0.2) is 0 Å². The molecule has 0 aliphatic carbocycles. The lowest BCUT2D eigenvalue weighted by Crippen LogP contribution is -2.14. The summed E-state index contributed by atoms with van der Waals surface area (Å²) in [6.45, 7) is 4.36. The highest BCUT2D eigenvalue weighted by Gasteiger charge is 2.14. The van der Waals surface area contributed by atoms with Crippen LogP contribution >= 0.6 is 11.8 Å². The highest BCUT2D eigenvalue weighted by atomic mass is 32.2. The van der Waals surface area contributed by atoms with E-state index in [-0.39, 0.29) is 11.7 Å². The maximum Gasteiger partial charge on any atom is 0.277 e. The summed E-state index contributed by atoms with van der Waals surface area (Å²) in [6.07, 6.45) is 2.94. The molecule has 6 nitrogen and oxygen atoms in total. The summed E-state index contributed by atoms with van der Waals surface area (Å²) in [5.74, 6) is 1.03. The summed E-state index contributed by atoms with van der Waals surface area (Å²) in [5, 5.41) is 12.5. The number of hydrogen-bond donors (Lipinski definition) is 2. The van der Waals surface area contributed by atoms with Crippen LogP contribution < -0.4 is 5.32 Å². The molecular weight excluding hydrogens is 384 g/mol. The first-order chi connectivity index (χ1) is 14.1. The van der Waals surface area contributed by atoms with Gasteiger partial charge in [-0.2, -0.15) is 0 Å². The van der Waals surface area contributed by atoms with Crippen LogP contribution in [0.3, 0.4) is 0 Å². The number of benzene rings is 2. The lowest BCUT2D eigenvalue weighted by Gasteiger charge is -2.10. The Labute approximate surface area is 173 Å². The minimum absolute atomic E-state index is 0.113. The van der Waals surface area contributed by atoms with Crippen molar-refractivity contribution in [3.63, 3.8) is 0 Å². The molecule has 148 valence electrons. The number of aromatic amines is 1. The smallest absolute Gasteiger partial charge is 0.277 e. The molecule has 0 saturated carbocycles. The van der Waals surface area contributed by atoms with Crippen molar-refractivity contribution in [1.29, 1.82) is 0 Å². The van der Waals surface area contributed by atoms with Gasteiger partial charge in [0.1, 0.15) is 0 Å². The predicted octanol–water partition coefficient (Wildman–Crippen LogP) is 5.46. The first-order valence-electron chi connectivity index (χ1n) is 9.56. The SMILES string of the molecule is CC[C@H](C)c1ccc(NC(=O)CSc2nnc(-c3c[nH]c4ccccc34)o2)cc1. The fraction of sp³-hybridized carbons (Fsp3) is 0.227. The van der Waals surface area contributed by atoms with Gasteiger partial charge in [-0.1, -0.05) is 55.9 Å². The number of thioether (sulfide) groups is 1. The van der Waals surface area contributed by atoms with E-state index in [1.54, 1.807) is 0 Å². The van der Waals surface area contributed by atoms with Gasteiger partial charge in [-0.15, -0.1) is 10.2 Å². The van der Waals surface area contributed by atoms with Crippen molar-refractivity contribution >= 4 is 34.3 Å². The summed E-state index contributed by atoms with van der Waals surface area (Å²) in [6, 6.07) is 15.9. The van der Waals surface area contributed by atoms with Gasteiger partial charge in [-0.25, -0.2) is 0 Å². The Morgan fingerprint density at radius 3 is 2.76 bits per heavy atom. The van der Waals surface area contributed by atoms with E-state index in [1.807, 2.05) is 42.6 Å². The molecule has 0 aliphatic rings. The molecule has 0 spiro atoms. The van der Waals surface area contributed by atoms with Crippen molar-refractivity contribution in [3.05, 3.63) is 60.3 Å². The molecule has 29 heavy (non-hydrogen) atoms. The summed E-state index contributed by atoms with van der Waals surface area (Å²) in [5.41, 5.74) is 3.92. The van der Waals surface area contributed by atoms with Gasteiger partial charge in [0.2, 0.25) is 5.91 Å². The molecule has 0 bridgehead atoms. The van der Waals surface area contributed by atoms with E-state index >= 15 is 0 Å². The zero-order valence-corrected chi connectivity index (χ0v) is 17.1. The zero-order valence-electron chi connectivity index (χ0n) is 16.3. The molecule has 0 saturated heterocycles.